The first-order valence-electron chi connectivity index (χ1n) is 5.21. The van der Waals surface area contributed by atoms with Gasteiger partial charge in [0.2, 0.25) is 5.91 Å². The number of nitrogens with one attached hydrogen (secondary N) is 2. The molecular formula is C11H15N3O. The highest BCUT2D eigenvalue weighted by Crippen LogP contribution is 2.17. The van der Waals surface area contributed by atoms with E-state index in [4.69, 9.17) is 0 Å². The second-order valence-corrected chi connectivity index (χ2v) is 3.86. The Labute approximate surface area is 89.1 Å². The van der Waals surface area contributed by atoms with E-state index in [0.29, 0.717) is 0 Å². The minimum absolute atomic E-state index is 0.0816. The third kappa shape index (κ3) is 2.33. The van der Waals surface area contributed by atoms with Gasteiger partial charge in [-0.2, -0.15) is 0 Å². The molecule has 0 spiro atoms. The molecule has 4 nitrogen and oxygen atoms in total. The summed E-state index contributed by atoms with van der Waals surface area (Å²) in [4.78, 5) is 15.8. The van der Waals surface area contributed by atoms with Gasteiger partial charge in [0.15, 0.2) is 0 Å². The van der Waals surface area contributed by atoms with Gasteiger partial charge in [0, 0.05) is 24.1 Å². The van der Waals surface area contributed by atoms with Gasteiger partial charge >= 0.3 is 0 Å². The number of amides is 1. The minimum atomic E-state index is 0.0816. The topological polar surface area (TPSA) is 54.0 Å². The van der Waals surface area contributed by atoms with Crippen LogP contribution in [0.25, 0.3) is 0 Å². The largest absolute Gasteiger partial charge is 0.326 e. The van der Waals surface area contributed by atoms with Gasteiger partial charge in [-0.15, -0.1) is 0 Å². The Kier molecular flexibility index (Phi) is 2.97. The fraction of sp³-hybridized carbons (Fsp3) is 0.455. The van der Waals surface area contributed by atoms with Gasteiger partial charge in [-0.05, 0) is 32.0 Å². The van der Waals surface area contributed by atoms with Crippen LogP contribution < -0.4 is 10.6 Å². The van der Waals surface area contributed by atoms with Crippen LogP contribution in [0.2, 0.25) is 0 Å². The molecule has 4 heteroatoms. The SMILES string of the molecule is CC1NCCC1C(=O)Nc1ccncc1. The number of aromatic nitrogens is 1. The maximum Gasteiger partial charge on any atom is 0.229 e. The summed E-state index contributed by atoms with van der Waals surface area (Å²) in [5.41, 5.74) is 0.814. The maximum atomic E-state index is 11.9. The summed E-state index contributed by atoms with van der Waals surface area (Å²) in [5, 5.41) is 6.16. The molecule has 2 unspecified atom stereocenters. The molecule has 0 saturated carbocycles. The molecule has 2 N–H and O–H groups in total. The predicted molar refractivity (Wildman–Crippen MR) is 58.4 cm³/mol. The molecule has 0 aromatic carbocycles. The van der Waals surface area contributed by atoms with E-state index in [0.717, 1.165) is 18.7 Å². The predicted octanol–water partition coefficient (Wildman–Crippen LogP) is 1.02. The third-order valence-corrected chi connectivity index (χ3v) is 2.81. The van der Waals surface area contributed by atoms with Gasteiger partial charge in [0.05, 0.1) is 5.92 Å². The van der Waals surface area contributed by atoms with Crippen LogP contribution >= 0.6 is 0 Å². The number of anilines is 1. The fourth-order valence-corrected chi connectivity index (χ4v) is 1.89. The van der Waals surface area contributed by atoms with Crippen molar-refractivity contribution in [2.75, 3.05) is 11.9 Å². The molecule has 1 aliphatic heterocycles. The Hall–Kier alpha value is -1.42. The molecule has 1 amide bonds. The van der Waals surface area contributed by atoms with E-state index in [2.05, 4.69) is 15.6 Å². The Bertz CT molecular complexity index is 339. The highest BCUT2D eigenvalue weighted by Gasteiger charge is 2.29. The van der Waals surface area contributed by atoms with Gasteiger partial charge in [0.1, 0.15) is 0 Å². The smallest absolute Gasteiger partial charge is 0.229 e. The van der Waals surface area contributed by atoms with E-state index >= 15 is 0 Å². The number of hydrogen-bond donors (Lipinski definition) is 2. The average molecular weight is 205 g/mol. The molecule has 1 saturated heterocycles. The summed E-state index contributed by atoms with van der Waals surface area (Å²) in [6.07, 6.45) is 4.26. The van der Waals surface area contributed by atoms with Gasteiger partial charge in [0.25, 0.3) is 0 Å². The van der Waals surface area contributed by atoms with Crippen molar-refractivity contribution in [1.29, 1.82) is 0 Å². The van der Waals surface area contributed by atoms with Crippen LogP contribution in [0.4, 0.5) is 5.69 Å². The van der Waals surface area contributed by atoms with Crippen molar-refractivity contribution in [2.24, 2.45) is 5.92 Å². The molecule has 2 rings (SSSR count). The van der Waals surface area contributed by atoms with Crippen LogP contribution in [0.15, 0.2) is 24.5 Å². The lowest BCUT2D eigenvalue weighted by Crippen LogP contribution is -2.32. The number of carbonyl (C=O) groups excluding carboxylic acids is 1. The zero-order valence-corrected chi connectivity index (χ0v) is 8.73. The molecule has 0 radical (unpaired) electrons. The maximum absolute atomic E-state index is 11.9. The van der Waals surface area contributed by atoms with Crippen LogP contribution in [0.5, 0.6) is 0 Å². The van der Waals surface area contributed by atoms with Crippen molar-refractivity contribution >= 4 is 11.6 Å². The molecule has 80 valence electrons. The molecule has 1 fully saturated rings. The summed E-state index contributed by atoms with van der Waals surface area (Å²) in [7, 11) is 0. The summed E-state index contributed by atoms with van der Waals surface area (Å²) in [6.45, 7) is 2.97. The lowest BCUT2D eigenvalue weighted by molar-refractivity contribution is -0.119. The molecular weight excluding hydrogens is 190 g/mol. The normalized spacial score (nSPS) is 25.1. The molecule has 1 aromatic heterocycles. The van der Waals surface area contributed by atoms with E-state index in [-0.39, 0.29) is 17.9 Å². The first-order chi connectivity index (χ1) is 7.27. The lowest BCUT2D eigenvalue weighted by atomic mass is 10.0. The zero-order chi connectivity index (χ0) is 10.7. The molecule has 15 heavy (non-hydrogen) atoms. The Morgan fingerprint density at radius 1 is 1.53 bits per heavy atom. The molecule has 1 aromatic rings. The first-order valence-corrected chi connectivity index (χ1v) is 5.21. The Balaban J connectivity index is 1.98. The first kappa shape index (κ1) is 10.1. The van der Waals surface area contributed by atoms with E-state index < -0.39 is 0 Å². The standard InChI is InChI=1S/C11H15N3O/c1-8-10(4-7-13-8)11(15)14-9-2-5-12-6-3-9/h2-3,5-6,8,10,13H,4,7H2,1H3,(H,12,14,15). The fourth-order valence-electron chi connectivity index (χ4n) is 1.89. The van der Waals surface area contributed by atoms with E-state index in [9.17, 15) is 4.79 Å². The molecule has 0 aliphatic carbocycles. The molecule has 1 aliphatic rings. The van der Waals surface area contributed by atoms with Gasteiger partial charge in [-0.25, -0.2) is 0 Å². The van der Waals surface area contributed by atoms with Crippen molar-refractivity contribution in [3.05, 3.63) is 24.5 Å². The van der Waals surface area contributed by atoms with Gasteiger partial charge in [-0.3, -0.25) is 9.78 Å². The number of carbonyl (C=O) groups is 1. The Morgan fingerprint density at radius 3 is 2.87 bits per heavy atom. The number of hydrogen-bond acceptors (Lipinski definition) is 3. The van der Waals surface area contributed by atoms with Crippen LogP contribution in [0, 0.1) is 5.92 Å². The van der Waals surface area contributed by atoms with Crippen molar-refractivity contribution in [1.82, 2.24) is 10.3 Å². The lowest BCUT2D eigenvalue weighted by Gasteiger charge is -2.14. The quantitative estimate of drug-likeness (QED) is 0.758. The summed E-state index contributed by atoms with van der Waals surface area (Å²) in [6, 6.07) is 3.86. The van der Waals surface area contributed by atoms with E-state index in [1.54, 1.807) is 24.5 Å². The van der Waals surface area contributed by atoms with Gasteiger partial charge in [-0.1, -0.05) is 0 Å². The monoisotopic (exact) mass is 205 g/mol. The number of nitrogens with zero attached hydrogens (tertiary/aromatic N) is 1. The minimum Gasteiger partial charge on any atom is -0.326 e. The number of rotatable bonds is 2. The van der Waals surface area contributed by atoms with Crippen LogP contribution in [-0.2, 0) is 4.79 Å². The Morgan fingerprint density at radius 2 is 2.27 bits per heavy atom. The zero-order valence-electron chi connectivity index (χ0n) is 8.73. The van der Waals surface area contributed by atoms with Crippen molar-refractivity contribution < 1.29 is 4.79 Å². The highest BCUT2D eigenvalue weighted by molar-refractivity contribution is 5.93. The molecule has 2 atom stereocenters. The van der Waals surface area contributed by atoms with Crippen molar-refractivity contribution in [3.63, 3.8) is 0 Å². The third-order valence-electron chi connectivity index (χ3n) is 2.81. The van der Waals surface area contributed by atoms with E-state index in [1.807, 2.05) is 6.92 Å². The van der Waals surface area contributed by atoms with Crippen molar-refractivity contribution in [3.8, 4) is 0 Å². The summed E-state index contributed by atoms with van der Waals surface area (Å²) >= 11 is 0. The van der Waals surface area contributed by atoms with Crippen LogP contribution in [0.1, 0.15) is 13.3 Å². The second kappa shape index (κ2) is 4.40. The number of pyridine rings is 1. The summed E-state index contributed by atoms with van der Waals surface area (Å²) in [5.74, 6) is 0.178. The average Bonchev–Trinajstić information content (AvgIpc) is 2.66. The van der Waals surface area contributed by atoms with Gasteiger partial charge < -0.3 is 10.6 Å². The summed E-state index contributed by atoms with van der Waals surface area (Å²) < 4.78 is 0. The van der Waals surface area contributed by atoms with Crippen LogP contribution in [-0.4, -0.2) is 23.5 Å². The molecule has 0 bridgehead atoms. The second-order valence-electron chi connectivity index (χ2n) is 3.86. The highest BCUT2D eigenvalue weighted by atomic mass is 16.1. The van der Waals surface area contributed by atoms with E-state index in [1.165, 1.54) is 0 Å². The van der Waals surface area contributed by atoms with Crippen LogP contribution in [0.3, 0.4) is 0 Å². The molecule has 2 heterocycles. The van der Waals surface area contributed by atoms with Crippen molar-refractivity contribution in [2.45, 2.75) is 19.4 Å².